The Hall–Kier alpha value is -1.44. The minimum absolute atomic E-state index is 0.134. The van der Waals surface area contributed by atoms with Gasteiger partial charge in [-0.2, -0.15) is 9.97 Å². The van der Waals surface area contributed by atoms with Crippen LogP contribution in [0.3, 0.4) is 0 Å². The molecule has 7 nitrogen and oxygen atoms in total. The van der Waals surface area contributed by atoms with Crippen molar-refractivity contribution in [2.24, 2.45) is 0 Å². The number of halogens is 1. The monoisotopic (exact) mass is 351 g/mol. The normalized spacial score (nSPS) is 26.6. The van der Waals surface area contributed by atoms with Crippen LogP contribution >= 0.6 is 11.6 Å². The maximum Gasteiger partial charge on any atom is 0.226 e. The third-order valence-electron chi connectivity index (χ3n) is 4.58. The number of fused-ring (bicyclic) bond motifs is 3. The van der Waals surface area contributed by atoms with Crippen molar-refractivity contribution >= 4 is 28.6 Å². The minimum Gasteiger partial charge on any atom is -0.372 e. The molecule has 0 amide bonds. The van der Waals surface area contributed by atoms with Crippen LogP contribution in [0.5, 0.6) is 0 Å². The second-order valence-corrected chi connectivity index (χ2v) is 7.43. The number of anilines is 1. The van der Waals surface area contributed by atoms with Gasteiger partial charge in [0.2, 0.25) is 5.28 Å². The van der Waals surface area contributed by atoms with Gasteiger partial charge in [-0.25, -0.2) is 4.98 Å². The first-order chi connectivity index (χ1) is 11.3. The largest absolute Gasteiger partial charge is 0.372 e. The molecule has 1 fully saturated rings. The van der Waals surface area contributed by atoms with Crippen molar-refractivity contribution in [2.45, 2.75) is 52.0 Å². The number of rotatable bonds is 1. The van der Waals surface area contributed by atoms with Crippen LogP contribution in [0.2, 0.25) is 5.28 Å². The summed E-state index contributed by atoms with van der Waals surface area (Å²) in [6.45, 7) is 11.1. The molecule has 2 atom stereocenters. The lowest BCUT2D eigenvalue weighted by Crippen LogP contribution is -2.46. The van der Waals surface area contributed by atoms with Crippen LogP contribution < -0.4 is 4.90 Å². The van der Waals surface area contributed by atoms with Gasteiger partial charge in [0, 0.05) is 19.6 Å². The number of aromatic nitrogens is 4. The lowest BCUT2D eigenvalue weighted by atomic mass is 10.1. The van der Waals surface area contributed by atoms with E-state index in [-0.39, 0.29) is 17.5 Å². The fourth-order valence-corrected chi connectivity index (χ4v) is 3.82. The molecule has 0 N–H and O–H groups in total. The van der Waals surface area contributed by atoms with Gasteiger partial charge < -0.3 is 18.9 Å². The summed E-state index contributed by atoms with van der Waals surface area (Å²) in [5.41, 5.74) is 1.12. The molecular formula is C16H22ClN5O2. The Labute approximate surface area is 145 Å². The van der Waals surface area contributed by atoms with Crippen molar-refractivity contribution in [3.8, 4) is 0 Å². The van der Waals surface area contributed by atoms with E-state index < -0.39 is 5.60 Å². The Kier molecular flexibility index (Phi) is 3.71. The molecule has 4 heterocycles. The molecule has 2 aliphatic heterocycles. The van der Waals surface area contributed by atoms with Crippen LogP contribution in [-0.4, -0.2) is 51.4 Å². The highest BCUT2D eigenvalue weighted by molar-refractivity contribution is 6.28. The van der Waals surface area contributed by atoms with Gasteiger partial charge >= 0.3 is 0 Å². The van der Waals surface area contributed by atoms with Crippen LogP contribution in [0.15, 0.2) is 0 Å². The van der Waals surface area contributed by atoms with E-state index in [4.69, 9.17) is 26.1 Å². The molecule has 0 aromatic carbocycles. The standard InChI is InChI=1S/C16H22ClN5O2/c1-9-7-21(8-10(2)24-9)12-11-13(20-15(17)19-12)22-5-6-23-16(3,4)14(22)18-11/h9-10H,5-8H2,1-4H3/t9-,10+. The molecule has 0 saturated carbocycles. The predicted octanol–water partition coefficient (Wildman–Crippen LogP) is 2.36. The fourth-order valence-electron chi connectivity index (χ4n) is 3.66. The topological polar surface area (TPSA) is 65.3 Å². The summed E-state index contributed by atoms with van der Waals surface area (Å²) in [5.74, 6) is 1.65. The van der Waals surface area contributed by atoms with Crippen LogP contribution in [0.25, 0.3) is 11.2 Å². The van der Waals surface area contributed by atoms with Crippen molar-refractivity contribution in [3.05, 3.63) is 11.1 Å². The van der Waals surface area contributed by atoms with E-state index in [0.717, 1.165) is 42.4 Å². The van der Waals surface area contributed by atoms with Crippen LogP contribution in [0.1, 0.15) is 33.5 Å². The zero-order valence-electron chi connectivity index (χ0n) is 14.4. The summed E-state index contributed by atoms with van der Waals surface area (Å²) in [6, 6.07) is 0. The number of hydrogen-bond acceptors (Lipinski definition) is 6. The second kappa shape index (κ2) is 5.54. The van der Waals surface area contributed by atoms with Gasteiger partial charge in [0.1, 0.15) is 11.4 Å². The van der Waals surface area contributed by atoms with E-state index >= 15 is 0 Å². The highest BCUT2D eigenvalue weighted by atomic mass is 35.5. The zero-order valence-corrected chi connectivity index (χ0v) is 15.2. The Balaban J connectivity index is 1.89. The maximum absolute atomic E-state index is 6.23. The average Bonchev–Trinajstić information content (AvgIpc) is 2.85. The quantitative estimate of drug-likeness (QED) is 0.735. The van der Waals surface area contributed by atoms with Crippen LogP contribution in [-0.2, 0) is 21.6 Å². The molecule has 4 rings (SSSR count). The van der Waals surface area contributed by atoms with E-state index in [1.807, 2.05) is 13.8 Å². The third-order valence-corrected chi connectivity index (χ3v) is 4.75. The number of morpholine rings is 1. The zero-order chi connectivity index (χ0) is 17.1. The fraction of sp³-hybridized carbons (Fsp3) is 0.688. The molecule has 8 heteroatoms. The predicted molar refractivity (Wildman–Crippen MR) is 91.5 cm³/mol. The summed E-state index contributed by atoms with van der Waals surface area (Å²) in [7, 11) is 0. The molecule has 0 unspecified atom stereocenters. The number of imidazole rings is 1. The molecule has 0 radical (unpaired) electrons. The summed E-state index contributed by atoms with van der Waals surface area (Å²) >= 11 is 6.23. The van der Waals surface area contributed by atoms with Gasteiger partial charge in [0.25, 0.3) is 0 Å². The summed E-state index contributed by atoms with van der Waals surface area (Å²) in [6.07, 6.45) is 0.268. The first-order valence-electron chi connectivity index (χ1n) is 8.34. The van der Waals surface area contributed by atoms with Gasteiger partial charge in [-0.3, -0.25) is 0 Å². The Bertz CT molecular complexity index is 780. The summed E-state index contributed by atoms with van der Waals surface area (Å²) in [5, 5.41) is 0.247. The molecular weight excluding hydrogens is 330 g/mol. The van der Waals surface area contributed by atoms with Crippen LogP contribution in [0, 0.1) is 0 Å². The molecule has 2 aromatic heterocycles. The van der Waals surface area contributed by atoms with E-state index in [1.165, 1.54) is 0 Å². The van der Waals surface area contributed by atoms with Gasteiger partial charge in [-0.05, 0) is 39.3 Å². The molecule has 2 aliphatic rings. The Morgan fingerprint density at radius 3 is 2.54 bits per heavy atom. The smallest absolute Gasteiger partial charge is 0.226 e. The number of nitrogens with zero attached hydrogens (tertiary/aromatic N) is 5. The Morgan fingerprint density at radius 1 is 1.12 bits per heavy atom. The van der Waals surface area contributed by atoms with Crippen molar-refractivity contribution < 1.29 is 9.47 Å². The SMILES string of the molecule is C[C@@H]1CN(c2nc(Cl)nc3c2nc2n3CCOC2(C)C)C[C@H](C)O1. The molecule has 0 spiro atoms. The van der Waals surface area contributed by atoms with Crippen molar-refractivity contribution in [3.63, 3.8) is 0 Å². The molecule has 130 valence electrons. The minimum atomic E-state index is -0.450. The van der Waals surface area contributed by atoms with E-state index in [0.29, 0.717) is 6.61 Å². The lowest BCUT2D eigenvalue weighted by Gasteiger charge is -2.36. The average molecular weight is 352 g/mol. The molecule has 24 heavy (non-hydrogen) atoms. The summed E-state index contributed by atoms with van der Waals surface area (Å²) < 4.78 is 13.8. The van der Waals surface area contributed by atoms with Crippen molar-refractivity contribution in [1.82, 2.24) is 19.5 Å². The second-order valence-electron chi connectivity index (χ2n) is 7.10. The highest BCUT2D eigenvalue weighted by Crippen LogP contribution is 2.34. The van der Waals surface area contributed by atoms with Gasteiger partial charge in [0.15, 0.2) is 17.0 Å². The van der Waals surface area contributed by atoms with Gasteiger partial charge in [-0.1, -0.05) is 0 Å². The number of ether oxygens (including phenoxy) is 2. The van der Waals surface area contributed by atoms with Crippen molar-refractivity contribution in [2.75, 3.05) is 24.6 Å². The highest BCUT2D eigenvalue weighted by Gasteiger charge is 2.35. The van der Waals surface area contributed by atoms with E-state index in [2.05, 4.69) is 33.3 Å². The van der Waals surface area contributed by atoms with Gasteiger partial charge in [0.05, 0.1) is 18.8 Å². The summed E-state index contributed by atoms with van der Waals surface area (Å²) in [4.78, 5) is 16.0. The molecule has 0 aliphatic carbocycles. The molecule has 0 bridgehead atoms. The van der Waals surface area contributed by atoms with Crippen molar-refractivity contribution in [1.29, 1.82) is 0 Å². The lowest BCUT2D eigenvalue weighted by molar-refractivity contribution is -0.0530. The van der Waals surface area contributed by atoms with Gasteiger partial charge in [-0.15, -0.1) is 0 Å². The Morgan fingerprint density at radius 2 is 1.83 bits per heavy atom. The first-order valence-corrected chi connectivity index (χ1v) is 8.71. The number of hydrogen-bond donors (Lipinski definition) is 0. The van der Waals surface area contributed by atoms with E-state index in [9.17, 15) is 0 Å². The molecule has 1 saturated heterocycles. The first kappa shape index (κ1) is 16.1. The molecule has 2 aromatic rings. The van der Waals surface area contributed by atoms with E-state index in [1.54, 1.807) is 0 Å². The third kappa shape index (κ3) is 2.55. The van der Waals surface area contributed by atoms with Crippen LogP contribution in [0.4, 0.5) is 5.82 Å². The maximum atomic E-state index is 6.23.